The van der Waals surface area contributed by atoms with E-state index in [0.717, 1.165) is 31.4 Å². The van der Waals surface area contributed by atoms with Crippen LogP contribution in [-0.4, -0.2) is 52.8 Å². The average molecular weight is 472 g/mol. The van der Waals surface area contributed by atoms with Crippen molar-refractivity contribution in [3.8, 4) is 11.1 Å². The zero-order valence-corrected chi connectivity index (χ0v) is 19.3. The summed E-state index contributed by atoms with van der Waals surface area (Å²) in [6.45, 7) is 0.829. The fourth-order valence-electron chi connectivity index (χ4n) is 4.09. The monoisotopic (exact) mass is 471 g/mol. The van der Waals surface area contributed by atoms with Gasteiger partial charge in [0, 0.05) is 17.2 Å². The number of anilines is 1. The van der Waals surface area contributed by atoms with Gasteiger partial charge in [-0.3, -0.25) is 10.1 Å². The van der Waals surface area contributed by atoms with Crippen LogP contribution in [-0.2, 0) is 4.79 Å². The number of hydrogen-bond donors (Lipinski definition) is 5. The van der Waals surface area contributed by atoms with Crippen LogP contribution in [0, 0.1) is 0 Å². The quantitative estimate of drug-likeness (QED) is 0.371. The van der Waals surface area contributed by atoms with Gasteiger partial charge in [-0.25, -0.2) is 9.59 Å². The normalized spacial score (nSPS) is 16.6. The molecule has 8 nitrogen and oxygen atoms in total. The van der Waals surface area contributed by atoms with Gasteiger partial charge in [0.15, 0.2) is 0 Å². The molecule has 1 saturated heterocycles. The highest BCUT2D eigenvalue weighted by Crippen LogP contribution is 2.39. The lowest BCUT2D eigenvalue weighted by Gasteiger charge is -2.28. The van der Waals surface area contributed by atoms with Crippen LogP contribution in [0.15, 0.2) is 42.5 Å². The number of carboxylic acid groups (broad SMARTS) is 2. The van der Waals surface area contributed by atoms with Crippen LogP contribution in [0.3, 0.4) is 0 Å². The lowest BCUT2D eigenvalue weighted by molar-refractivity contribution is -0.139. The molecule has 9 heteroatoms. The second kappa shape index (κ2) is 11.7. The standard InChI is InChI=1S/C24H29N3O5S/c1-33-14-12-19(23(29)30)26-22(28)17-11-10-16(18-9-5-6-13-25-18)21(27-24(31)32)20(17)15-7-3-2-4-8-15/h2-4,7-8,10-11,18-19,25,27H,5-6,9,12-14H2,1H3,(H,26,28)(H,29,30)(H,31,32)/t18?,19-/m0/s1. The number of thioether (sulfide) groups is 1. The minimum absolute atomic E-state index is 0.0477. The van der Waals surface area contributed by atoms with Crippen LogP contribution in [0.1, 0.15) is 47.6 Å². The largest absolute Gasteiger partial charge is 0.480 e. The van der Waals surface area contributed by atoms with Crippen molar-refractivity contribution in [1.29, 1.82) is 0 Å². The molecule has 176 valence electrons. The molecule has 0 radical (unpaired) electrons. The van der Waals surface area contributed by atoms with Gasteiger partial charge in [0.1, 0.15) is 6.04 Å². The van der Waals surface area contributed by atoms with Crippen molar-refractivity contribution in [2.24, 2.45) is 0 Å². The summed E-state index contributed by atoms with van der Waals surface area (Å²) in [6.07, 6.45) is 3.84. The number of carbonyl (C=O) groups is 3. The van der Waals surface area contributed by atoms with Gasteiger partial charge in [0.2, 0.25) is 0 Å². The van der Waals surface area contributed by atoms with Crippen LogP contribution < -0.4 is 16.0 Å². The maximum Gasteiger partial charge on any atom is 0.409 e. The molecule has 2 aromatic rings. The number of benzene rings is 2. The SMILES string of the molecule is CSCC[C@H](NC(=O)c1ccc(C2CCCCN2)c(NC(=O)O)c1-c1ccccc1)C(=O)O. The molecule has 0 aromatic heterocycles. The van der Waals surface area contributed by atoms with Crippen molar-refractivity contribution in [2.75, 3.05) is 23.9 Å². The predicted molar refractivity (Wildman–Crippen MR) is 130 cm³/mol. The van der Waals surface area contributed by atoms with Gasteiger partial charge in [-0.05, 0) is 55.0 Å². The Balaban J connectivity index is 2.12. The van der Waals surface area contributed by atoms with Gasteiger partial charge in [-0.2, -0.15) is 11.8 Å². The average Bonchev–Trinajstić information content (AvgIpc) is 2.82. The third kappa shape index (κ3) is 6.27. The molecule has 5 N–H and O–H groups in total. The summed E-state index contributed by atoms with van der Waals surface area (Å²) in [7, 11) is 0. The number of aliphatic carboxylic acids is 1. The zero-order chi connectivity index (χ0) is 23.8. The number of carboxylic acids is 1. The van der Waals surface area contributed by atoms with E-state index in [4.69, 9.17) is 0 Å². The first-order valence-corrected chi connectivity index (χ1v) is 12.3. The molecule has 0 saturated carbocycles. The second-order valence-electron chi connectivity index (χ2n) is 7.90. The lowest BCUT2D eigenvalue weighted by Crippen LogP contribution is -2.41. The lowest BCUT2D eigenvalue weighted by atomic mass is 9.88. The van der Waals surface area contributed by atoms with E-state index in [0.29, 0.717) is 22.6 Å². The van der Waals surface area contributed by atoms with Gasteiger partial charge in [-0.1, -0.05) is 42.8 Å². The molecule has 1 aliphatic rings. The summed E-state index contributed by atoms with van der Waals surface area (Å²) < 4.78 is 0. The van der Waals surface area contributed by atoms with Crippen LogP contribution in [0.2, 0.25) is 0 Å². The minimum atomic E-state index is -1.23. The molecule has 33 heavy (non-hydrogen) atoms. The zero-order valence-electron chi connectivity index (χ0n) is 18.5. The van der Waals surface area contributed by atoms with Crippen molar-refractivity contribution in [3.05, 3.63) is 53.6 Å². The van der Waals surface area contributed by atoms with E-state index in [1.165, 1.54) is 11.8 Å². The summed E-state index contributed by atoms with van der Waals surface area (Å²) in [5.41, 5.74) is 2.44. The maximum absolute atomic E-state index is 13.3. The number of piperidine rings is 1. The summed E-state index contributed by atoms with van der Waals surface area (Å²) in [5, 5.41) is 27.7. The summed E-state index contributed by atoms with van der Waals surface area (Å²) >= 11 is 1.50. The van der Waals surface area contributed by atoms with Gasteiger partial charge in [0.05, 0.1) is 5.69 Å². The fraction of sp³-hybridized carbons (Fsp3) is 0.375. The van der Waals surface area contributed by atoms with Crippen LogP contribution in [0.25, 0.3) is 11.1 Å². The molecule has 3 rings (SSSR count). The Morgan fingerprint density at radius 2 is 1.88 bits per heavy atom. The third-order valence-corrected chi connectivity index (χ3v) is 6.32. The molecule has 2 aromatic carbocycles. The molecule has 1 fully saturated rings. The molecule has 0 aliphatic carbocycles. The molecule has 0 spiro atoms. The van der Waals surface area contributed by atoms with Crippen molar-refractivity contribution < 1.29 is 24.6 Å². The number of hydrogen-bond acceptors (Lipinski definition) is 5. The second-order valence-corrected chi connectivity index (χ2v) is 8.88. The first-order chi connectivity index (χ1) is 15.9. The van der Waals surface area contributed by atoms with Crippen LogP contribution >= 0.6 is 11.8 Å². The van der Waals surface area contributed by atoms with Crippen molar-refractivity contribution in [2.45, 2.75) is 37.8 Å². The van der Waals surface area contributed by atoms with Gasteiger partial charge >= 0.3 is 12.1 Å². The van der Waals surface area contributed by atoms with E-state index in [2.05, 4.69) is 16.0 Å². The molecule has 2 atom stereocenters. The number of nitrogens with one attached hydrogen (secondary N) is 3. The van der Waals surface area contributed by atoms with E-state index >= 15 is 0 Å². The van der Waals surface area contributed by atoms with E-state index in [1.807, 2.05) is 24.5 Å². The summed E-state index contributed by atoms with van der Waals surface area (Å²) in [4.78, 5) is 36.7. The summed E-state index contributed by atoms with van der Waals surface area (Å²) in [6, 6.07) is 11.4. The number of amides is 2. The van der Waals surface area contributed by atoms with Crippen molar-refractivity contribution in [1.82, 2.24) is 10.6 Å². The molecular formula is C24H29N3O5S. The van der Waals surface area contributed by atoms with Gasteiger partial charge in [-0.15, -0.1) is 0 Å². The fourth-order valence-corrected chi connectivity index (χ4v) is 4.56. The topological polar surface area (TPSA) is 128 Å². The highest BCUT2D eigenvalue weighted by atomic mass is 32.2. The Morgan fingerprint density at radius 1 is 1.12 bits per heavy atom. The Labute approximate surface area is 197 Å². The van der Waals surface area contributed by atoms with Crippen molar-refractivity contribution in [3.63, 3.8) is 0 Å². The Hall–Kier alpha value is -3.04. The molecule has 1 heterocycles. The van der Waals surface area contributed by atoms with E-state index < -0.39 is 24.0 Å². The maximum atomic E-state index is 13.3. The van der Waals surface area contributed by atoms with Gasteiger partial charge in [0.25, 0.3) is 5.91 Å². The molecular weight excluding hydrogens is 442 g/mol. The smallest absolute Gasteiger partial charge is 0.409 e. The number of carbonyl (C=O) groups excluding carboxylic acids is 1. The van der Waals surface area contributed by atoms with Crippen LogP contribution in [0.4, 0.5) is 10.5 Å². The highest BCUT2D eigenvalue weighted by molar-refractivity contribution is 7.98. The molecule has 1 unspecified atom stereocenters. The Morgan fingerprint density at radius 3 is 2.48 bits per heavy atom. The molecule has 1 aliphatic heterocycles. The van der Waals surface area contributed by atoms with Crippen LogP contribution in [0.5, 0.6) is 0 Å². The number of rotatable bonds is 9. The first kappa shape index (κ1) is 24.6. The first-order valence-electron chi connectivity index (χ1n) is 10.9. The minimum Gasteiger partial charge on any atom is -0.480 e. The molecule has 0 bridgehead atoms. The van der Waals surface area contributed by atoms with Crippen molar-refractivity contribution >= 4 is 35.4 Å². The van der Waals surface area contributed by atoms with E-state index in [9.17, 15) is 24.6 Å². The Kier molecular flexibility index (Phi) is 8.73. The van der Waals surface area contributed by atoms with Gasteiger partial charge < -0.3 is 20.8 Å². The molecule has 2 amide bonds. The van der Waals surface area contributed by atoms with E-state index in [-0.39, 0.29) is 18.0 Å². The predicted octanol–water partition coefficient (Wildman–Crippen LogP) is 4.19. The summed E-state index contributed by atoms with van der Waals surface area (Å²) in [5.74, 6) is -1.08. The highest BCUT2D eigenvalue weighted by Gasteiger charge is 2.27. The van der Waals surface area contributed by atoms with E-state index in [1.54, 1.807) is 24.3 Å². The third-order valence-electron chi connectivity index (χ3n) is 5.68. The Bertz CT molecular complexity index is 993.